The first-order chi connectivity index (χ1) is 9.60. The number of nitrogens with zero attached hydrogens (tertiary/aromatic N) is 1. The largest absolute Gasteiger partial charge is 0.354 e. The summed E-state index contributed by atoms with van der Waals surface area (Å²) >= 11 is 1.76. The molecule has 4 nitrogen and oxygen atoms in total. The average Bonchev–Trinajstić information content (AvgIpc) is 2.95. The highest BCUT2D eigenvalue weighted by Gasteiger charge is 2.52. The summed E-state index contributed by atoms with van der Waals surface area (Å²) in [7, 11) is 0. The Bertz CT molecular complexity index is 409. The normalized spacial score (nSPS) is 34.4. The number of thioether (sulfide) groups is 1. The molecule has 1 saturated carbocycles. The molecule has 3 aliphatic rings. The van der Waals surface area contributed by atoms with E-state index < -0.39 is 0 Å². The molecule has 0 aromatic carbocycles. The Hall–Kier alpha value is -0.710. The van der Waals surface area contributed by atoms with Crippen molar-refractivity contribution < 1.29 is 9.59 Å². The van der Waals surface area contributed by atoms with Crippen LogP contribution in [0.5, 0.6) is 0 Å². The van der Waals surface area contributed by atoms with Gasteiger partial charge in [0.1, 0.15) is 6.04 Å². The van der Waals surface area contributed by atoms with E-state index in [2.05, 4.69) is 12.2 Å². The maximum atomic E-state index is 12.4. The Morgan fingerprint density at radius 3 is 2.90 bits per heavy atom. The number of fused-ring (bicyclic) bond motifs is 1. The molecule has 3 fully saturated rings. The van der Waals surface area contributed by atoms with Crippen molar-refractivity contribution in [2.75, 3.05) is 12.3 Å². The monoisotopic (exact) mass is 296 g/mol. The van der Waals surface area contributed by atoms with Crippen LogP contribution in [0.4, 0.5) is 0 Å². The molecule has 2 aliphatic heterocycles. The van der Waals surface area contributed by atoms with Crippen LogP contribution in [0.15, 0.2) is 0 Å². The molecular formula is C15H24N2O2S. The van der Waals surface area contributed by atoms with Gasteiger partial charge in [0, 0.05) is 18.7 Å². The SMILES string of the molecule is C[C@]12CCC(=O)N1[C@H](C(=O)NCC1CCCCC1)CS2. The molecule has 3 rings (SSSR count). The summed E-state index contributed by atoms with van der Waals surface area (Å²) < 4.78 is 0. The summed E-state index contributed by atoms with van der Waals surface area (Å²) in [6, 6.07) is -0.247. The minimum atomic E-state index is -0.247. The lowest BCUT2D eigenvalue weighted by Crippen LogP contribution is -2.50. The van der Waals surface area contributed by atoms with E-state index in [0.29, 0.717) is 12.3 Å². The van der Waals surface area contributed by atoms with Gasteiger partial charge in [0.05, 0.1) is 4.87 Å². The fraction of sp³-hybridized carbons (Fsp3) is 0.867. The van der Waals surface area contributed by atoms with Crippen LogP contribution < -0.4 is 5.32 Å². The minimum absolute atomic E-state index is 0.0575. The molecule has 1 aliphatic carbocycles. The number of hydrogen-bond acceptors (Lipinski definition) is 3. The van der Waals surface area contributed by atoms with Gasteiger partial charge < -0.3 is 10.2 Å². The predicted molar refractivity (Wildman–Crippen MR) is 80.3 cm³/mol. The molecule has 0 spiro atoms. The molecule has 2 atom stereocenters. The van der Waals surface area contributed by atoms with Crippen LogP contribution in [0.3, 0.4) is 0 Å². The first-order valence-electron chi connectivity index (χ1n) is 7.84. The van der Waals surface area contributed by atoms with Crippen LogP contribution >= 0.6 is 11.8 Å². The summed E-state index contributed by atoms with van der Waals surface area (Å²) in [6.07, 6.45) is 7.87. The molecule has 0 unspecified atom stereocenters. The summed E-state index contributed by atoms with van der Waals surface area (Å²) in [5.41, 5.74) is 0. The Labute approximate surface area is 125 Å². The predicted octanol–water partition coefficient (Wildman–Crippen LogP) is 2.14. The molecule has 1 N–H and O–H groups in total. The molecular weight excluding hydrogens is 272 g/mol. The van der Waals surface area contributed by atoms with Crippen molar-refractivity contribution in [3.8, 4) is 0 Å². The number of rotatable bonds is 3. The van der Waals surface area contributed by atoms with Gasteiger partial charge in [-0.1, -0.05) is 19.3 Å². The third kappa shape index (κ3) is 2.57. The van der Waals surface area contributed by atoms with Crippen LogP contribution in [-0.2, 0) is 9.59 Å². The van der Waals surface area contributed by atoms with Gasteiger partial charge in [0.2, 0.25) is 11.8 Å². The molecule has 5 heteroatoms. The first kappa shape index (κ1) is 14.2. The van der Waals surface area contributed by atoms with Crippen molar-refractivity contribution >= 4 is 23.6 Å². The lowest BCUT2D eigenvalue weighted by molar-refractivity contribution is -0.138. The topological polar surface area (TPSA) is 49.4 Å². The highest BCUT2D eigenvalue weighted by molar-refractivity contribution is 8.01. The van der Waals surface area contributed by atoms with E-state index in [9.17, 15) is 9.59 Å². The van der Waals surface area contributed by atoms with Gasteiger partial charge in [-0.05, 0) is 32.1 Å². The van der Waals surface area contributed by atoms with E-state index in [-0.39, 0.29) is 22.7 Å². The summed E-state index contributed by atoms with van der Waals surface area (Å²) in [5.74, 6) is 1.60. The van der Waals surface area contributed by atoms with E-state index in [1.54, 1.807) is 11.8 Å². The van der Waals surface area contributed by atoms with Gasteiger partial charge in [-0.2, -0.15) is 0 Å². The number of carbonyl (C=O) groups is 2. The number of amides is 2. The molecule has 2 amide bonds. The Morgan fingerprint density at radius 1 is 1.40 bits per heavy atom. The molecule has 0 aromatic rings. The number of carbonyl (C=O) groups excluding carboxylic acids is 2. The molecule has 2 heterocycles. The zero-order valence-corrected chi connectivity index (χ0v) is 13.0. The lowest BCUT2D eigenvalue weighted by atomic mass is 9.89. The highest BCUT2D eigenvalue weighted by Crippen LogP contribution is 2.47. The third-order valence-corrected chi connectivity index (χ3v) is 6.54. The van der Waals surface area contributed by atoms with Crippen molar-refractivity contribution in [1.29, 1.82) is 0 Å². The van der Waals surface area contributed by atoms with Crippen molar-refractivity contribution in [2.45, 2.75) is 62.8 Å². The van der Waals surface area contributed by atoms with E-state index in [4.69, 9.17) is 0 Å². The zero-order valence-electron chi connectivity index (χ0n) is 12.2. The van der Waals surface area contributed by atoms with Crippen molar-refractivity contribution in [3.63, 3.8) is 0 Å². The Balaban J connectivity index is 1.56. The Kier molecular flexibility index (Phi) is 3.98. The van der Waals surface area contributed by atoms with Crippen LogP contribution in [0, 0.1) is 5.92 Å². The second-order valence-corrected chi connectivity index (χ2v) is 8.02. The van der Waals surface area contributed by atoms with Gasteiger partial charge in [-0.3, -0.25) is 9.59 Å². The first-order valence-corrected chi connectivity index (χ1v) is 8.82. The second kappa shape index (κ2) is 5.58. The lowest BCUT2D eigenvalue weighted by Gasteiger charge is -2.30. The minimum Gasteiger partial charge on any atom is -0.354 e. The molecule has 20 heavy (non-hydrogen) atoms. The molecule has 2 saturated heterocycles. The van der Waals surface area contributed by atoms with Gasteiger partial charge in [0.15, 0.2) is 0 Å². The number of nitrogens with one attached hydrogen (secondary N) is 1. The fourth-order valence-electron chi connectivity index (χ4n) is 3.77. The van der Waals surface area contributed by atoms with Crippen LogP contribution in [0.25, 0.3) is 0 Å². The summed E-state index contributed by atoms with van der Waals surface area (Å²) in [5, 5.41) is 3.10. The van der Waals surface area contributed by atoms with Gasteiger partial charge in [-0.25, -0.2) is 0 Å². The summed E-state index contributed by atoms with van der Waals surface area (Å²) in [6.45, 7) is 2.88. The standard InChI is InChI=1S/C15H24N2O2S/c1-15-8-7-13(18)17(15)12(10-20-15)14(19)16-9-11-5-3-2-4-6-11/h11-12H,2-10H2,1H3,(H,16,19)/t12-,15-/m0/s1. The second-order valence-electron chi connectivity index (χ2n) is 6.51. The van der Waals surface area contributed by atoms with Crippen molar-refractivity contribution in [3.05, 3.63) is 0 Å². The van der Waals surface area contributed by atoms with E-state index >= 15 is 0 Å². The van der Waals surface area contributed by atoms with Crippen molar-refractivity contribution in [2.24, 2.45) is 5.92 Å². The van der Waals surface area contributed by atoms with E-state index in [1.165, 1.54) is 32.1 Å². The molecule has 0 bridgehead atoms. The van der Waals surface area contributed by atoms with Gasteiger partial charge >= 0.3 is 0 Å². The van der Waals surface area contributed by atoms with E-state index in [0.717, 1.165) is 18.7 Å². The van der Waals surface area contributed by atoms with Gasteiger partial charge in [0.25, 0.3) is 0 Å². The van der Waals surface area contributed by atoms with Crippen LogP contribution in [-0.4, -0.2) is 39.9 Å². The van der Waals surface area contributed by atoms with Crippen molar-refractivity contribution in [1.82, 2.24) is 10.2 Å². The highest BCUT2D eigenvalue weighted by atomic mass is 32.2. The summed E-state index contributed by atoms with van der Waals surface area (Å²) in [4.78, 5) is 26.1. The molecule has 112 valence electrons. The van der Waals surface area contributed by atoms with E-state index in [1.807, 2.05) is 4.90 Å². The smallest absolute Gasteiger partial charge is 0.243 e. The zero-order chi connectivity index (χ0) is 14.2. The van der Waals surface area contributed by atoms with Crippen LogP contribution in [0.1, 0.15) is 51.9 Å². The number of hydrogen-bond donors (Lipinski definition) is 1. The Morgan fingerprint density at radius 2 is 2.15 bits per heavy atom. The maximum absolute atomic E-state index is 12.4. The molecule has 0 radical (unpaired) electrons. The fourth-order valence-corrected chi connectivity index (χ4v) is 5.20. The van der Waals surface area contributed by atoms with Gasteiger partial charge in [-0.15, -0.1) is 11.8 Å². The van der Waals surface area contributed by atoms with Crippen LogP contribution in [0.2, 0.25) is 0 Å². The quantitative estimate of drug-likeness (QED) is 0.868. The maximum Gasteiger partial charge on any atom is 0.243 e. The molecule has 0 aromatic heterocycles. The third-order valence-electron chi connectivity index (χ3n) is 5.04. The average molecular weight is 296 g/mol.